The van der Waals surface area contributed by atoms with E-state index in [1.807, 2.05) is 0 Å². The van der Waals surface area contributed by atoms with E-state index >= 15 is 0 Å². The molecule has 25 heavy (non-hydrogen) atoms. The first-order valence-corrected chi connectivity index (χ1v) is 8.85. The van der Waals surface area contributed by atoms with Crippen LogP contribution in [0, 0.1) is 0 Å². The van der Waals surface area contributed by atoms with Crippen molar-refractivity contribution in [3.8, 4) is 0 Å². The average Bonchev–Trinajstić information content (AvgIpc) is 3.38. The predicted octanol–water partition coefficient (Wildman–Crippen LogP) is 3.25. The number of ether oxygens (including phenoxy) is 1. The van der Waals surface area contributed by atoms with E-state index < -0.39 is 11.7 Å². The molecule has 134 valence electrons. The van der Waals surface area contributed by atoms with E-state index in [9.17, 15) is 18.0 Å². The number of nitrogen functional groups attached to an aromatic ring is 1. The second-order valence-corrected chi connectivity index (χ2v) is 7.30. The summed E-state index contributed by atoms with van der Waals surface area (Å²) in [6, 6.07) is 1.09. The molecule has 0 unspecified atom stereocenters. The lowest BCUT2D eigenvalue weighted by atomic mass is 10.1. The van der Waals surface area contributed by atoms with Crippen LogP contribution in [0.15, 0.2) is 6.07 Å². The van der Waals surface area contributed by atoms with Gasteiger partial charge in [-0.3, -0.25) is 4.79 Å². The summed E-state index contributed by atoms with van der Waals surface area (Å²) in [6.45, 7) is 1.63. The third kappa shape index (κ3) is 2.95. The zero-order valence-electron chi connectivity index (χ0n) is 13.2. The molecule has 2 aromatic heterocycles. The van der Waals surface area contributed by atoms with Crippen LogP contribution in [0.4, 0.5) is 18.9 Å². The van der Waals surface area contributed by atoms with Crippen LogP contribution in [-0.2, 0) is 10.9 Å². The van der Waals surface area contributed by atoms with Gasteiger partial charge in [-0.1, -0.05) is 0 Å². The monoisotopic (exact) mass is 371 g/mol. The van der Waals surface area contributed by atoms with Gasteiger partial charge in [0.05, 0.1) is 24.5 Å². The van der Waals surface area contributed by atoms with Crippen molar-refractivity contribution in [2.75, 3.05) is 32.0 Å². The molecule has 2 N–H and O–H groups in total. The minimum Gasteiger partial charge on any atom is -0.397 e. The summed E-state index contributed by atoms with van der Waals surface area (Å²) >= 11 is 0.947. The lowest BCUT2D eigenvalue weighted by Crippen LogP contribution is -2.40. The Labute approximate surface area is 145 Å². The number of hydrogen-bond donors (Lipinski definition) is 1. The number of alkyl halides is 3. The summed E-state index contributed by atoms with van der Waals surface area (Å²) in [5, 5.41) is -0.154. The second kappa shape index (κ2) is 5.84. The molecule has 3 heterocycles. The van der Waals surface area contributed by atoms with Gasteiger partial charge in [0.25, 0.3) is 5.91 Å². The van der Waals surface area contributed by atoms with Gasteiger partial charge in [0.15, 0.2) is 0 Å². The van der Waals surface area contributed by atoms with E-state index in [1.54, 1.807) is 4.90 Å². The SMILES string of the molecule is Nc1c(C(=O)N2CCOCC2)sc2nc(C3CC3)cc(C(F)(F)F)c12. The number of aromatic nitrogens is 1. The van der Waals surface area contributed by atoms with Gasteiger partial charge in [0, 0.05) is 30.1 Å². The number of rotatable bonds is 2. The van der Waals surface area contributed by atoms with Crippen LogP contribution in [0.1, 0.15) is 39.7 Å². The molecule has 1 amide bonds. The van der Waals surface area contributed by atoms with Gasteiger partial charge in [-0.15, -0.1) is 11.3 Å². The number of amides is 1. The van der Waals surface area contributed by atoms with Gasteiger partial charge >= 0.3 is 6.18 Å². The first kappa shape index (κ1) is 16.6. The number of carbonyl (C=O) groups is 1. The Morgan fingerprint density at radius 1 is 1.32 bits per heavy atom. The average molecular weight is 371 g/mol. The van der Waals surface area contributed by atoms with Gasteiger partial charge in [-0.05, 0) is 18.9 Å². The van der Waals surface area contributed by atoms with E-state index in [1.165, 1.54) is 0 Å². The first-order valence-electron chi connectivity index (χ1n) is 8.03. The molecule has 0 aromatic carbocycles. The van der Waals surface area contributed by atoms with E-state index in [2.05, 4.69) is 4.98 Å². The van der Waals surface area contributed by atoms with Gasteiger partial charge in [-0.25, -0.2) is 4.98 Å². The molecule has 1 aliphatic heterocycles. The van der Waals surface area contributed by atoms with Crippen molar-refractivity contribution >= 4 is 33.1 Å². The van der Waals surface area contributed by atoms with Crippen molar-refractivity contribution in [1.82, 2.24) is 9.88 Å². The van der Waals surface area contributed by atoms with Crippen molar-refractivity contribution in [3.05, 3.63) is 22.2 Å². The van der Waals surface area contributed by atoms with E-state index in [0.29, 0.717) is 32.0 Å². The molecule has 0 radical (unpaired) electrons. The summed E-state index contributed by atoms with van der Waals surface area (Å²) < 4.78 is 45.8. The van der Waals surface area contributed by atoms with Crippen molar-refractivity contribution in [2.45, 2.75) is 24.9 Å². The number of thiophene rings is 1. The smallest absolute Gasteiger partial charge is 0.397 e. The zero-order chi connectivity index (χ0) is 17.8. The fraction of sp³-hybridized carbons (Fsp3) is 0.500. The van der Waals surface area contributed by atoms with Gasteiger partial charge in [-0.2, -0.15) is 13.2 Å². The van der Waals surface area contributed by atoms with Crippen LogP contribution >= 0.6 is 11.3 Å². The molecule has 0 atom stereocenters. The summed E-state index contributed by atoms with van der Waals surface area (Å²) in [5.41, 5.74) is 5.49. The number of hydrogen-bond acceptors (Lipinski definition) is 5. The molecule has 0 bridgehead atoms. The third-order valence-corrected chi connectivity index (χ3v) is 5.60. The molecular formula is C16H16F3N3O2S. The van der Waals surface area contributed by atoms with E-state index in [4.69, 9.17) is 10.5 Å². The largest absolute Gasteiger partial charge is 0.417 e. The number of nitrogens with zero attached hydrogens (tertiary/aromatic N) is 2. The summed E-state index contributed by atoms with van der Waals surface area (Å²) in [5.74, 6) is -0.280. The van der Waals surface area contributed by atoms with Crippen molar-refractivity contribution in [2.24, 2.45) is 0 Å². The molecule has 4 rings (SSSR count). The van der Waals surface area contributed by atoms with Gasteiger partial charge < -0.3 is 15.4 Å². The Morgan fingerprint density at radius 2 is 2.00 bits per heavy atom. The highest BCUT2D eigenvalue weighted by atomic mass is 32.1. The molecule has 2 aliphatic rings. The van der Waals surface area contributed by atoms with Crippen LogP contribution in [0.5, 0.6) is 0 Å². The molecule has 9 heteroatoms. The molecule has 0 spiro atoms. The molecule has 5 nitrogen and oxygen atoms in total. The summed E-state index contributed by atoms with van der Waals surface area (Å²) in [6.07, 6.45) is -2.86. The predicted molar refractivity (Wildman–Crippen MR) is 87.7 cm³/mol. The van der Waals surface area contributed by atoms with E-state index in [0.717, 1.165) is 30.2 Å². The van der Waals surface area contributed by atoms with Crippen molar-refractivity contribution < 1.29 is 22.7 Å². The maximum Gasteiger partial charge on any atom is 0.417 e. The van der Waals surface area contributed by atoms with E-state index in [-0.39, 0.29) is 32.6 Å². The molecule has 1 aliphatic carbocycles. The first-order chi connectivity index (χ1) is 11.9. The maximum atomic E-state index is 13.5. The zero-order valence-corrected chi connectivity index (χ0v) is 14.0. The highest BCUT2D eigenvalue weighted by molar-refractivity contribution is 7.21. The number of fused-ring (bicyclic) bond motifs is 1. The lowest BCUT2D eigenvalue weighted by Gasteiger charge is -2.26. The summed E-state index contributed by atoms with van der Waals surface area (Å²) in [7, 11) is 0. The minimum absolute atomic E-state index is 0.0761. The fourth-order valence-electron chi connectivity index (χ4n) is 3.02. The number of carbonyl (C=O) groups excluding carboxylic acids is 1. The van der Waals surface area contributed by atoms with Gasteiger partial charge in [0.2, 0.25) is 0 Å². The number of pyridine rings is 1. The topological polar surface area (TPSA) is 68.5 Å². The normalized spacial score (nSPS) is 18.8. The van der Waals surface area contributed by atoms with Crippen LogP contribution in [0.25, 0.3) is 10.2 Å². The summed E-state index contributed by atoms with van der Waals surface area (Å²) in [4.78, 5) is 18.9. The highest BCUT2D eigenvalue weighted by Crippen LogP contribution is 2.46. The molecule has 1 saturated heterocycles. The Balaban J connectivity index is 1.84. The number of halogens is 3. The highest BCUT2D eigenvalue weighted by Gasteiger charge is 2.38. The Hall–Kier alpha value is -1.87. The second-order valence-electron chi connectivity index (χ2n) is 6.30. The minimum atomic E-state index is -4.54. The Bertz CT molecular complexity index is 839. The van der Waals surface area contributed by atoms with Crippen LogP contribution < -0.4 is 5.73 Å². The molecule has 2 fully saturated rings. The molecular weight excluding hydrogens is 355 g/mol. The quantitative estimate of drug-likeness (QED) is 0.880. The number of morpholine rings is 1. The standard InChI is InChI=1S/C16H16F3N3O2S/c17-16(18,19)9-7-10(8-1-2-8)21-14-11(9)12(20)13(25-14)15(23)22-3-5-24-6-4-22/h7-8H,1-6,20H2. The third-order valence-electron chi connectivity index (χ3n) is 4.51. The Morgan fingerprint density at radius 3 is 2.60 bits per heavy atom. The fourth-order valence-corrected chi connectivity index (χ4v) is 4.12. The van der Waals surface area contributed by atoms with Crippen molar-refractivity contribution in [1.29, 1.82) is 0 Å². The number of nitrogens with two attached hydrogens (primary N) is 1. The number of anilines is 1. The molecule has 1 saturated carbocycles. The molecule has 2 aromatic rings. The van der Waals surface area contributed by atoms with Crippen LogP contribution in [-0.4, -0.2) is 42.1 Å². The van der Waals surface area contributed by atoms with Crippen molar-refractivity contribution in [3.63, 3.8) is 0 Å². The Kier molecular flexibility index (Phi) is 3.88. The van der Waals surface area contributed by atoms with Crippen LogP contribution in [0.3, 0.4) is 0 Å². The maximum absolute atomic E-state index is 13.5. The van der Waals surface area contributed by atoms with Gasteiger partial charge in [0.1, 0.15) is 9.71 Å². The van der Waals surface area contributed by atoms with Crippen LogP contribution in [0.2, 0.25) is 0 Å². The lowest BCUT2D eigenvalue weighted by molar-refractivity contribution is -0.136.